The highest BCUT2D eigenvalue weighted by Crippen LogP contribution is 2.19. The molecule has 1 aromatic carbocycles. The van der Waals surface area contributed by atoms with Crippen LogP contribution in [-0.4, -0.2) is 24.4 Å². The smallest absolute Gasteiger partial charge is 0.254 e. The third-order valence-corrected chi connectivity index (χ3v) is 3.45. The van der Waals surface area contributed by atoms with Crippen molar-refractivity contribution in [3.8, 4) is 0 Å². The first-order chi connectivity index (χ1) is 8.06. The summed E-state index contributed by atoms with van der Waals surface area (Å²) in [6.45, 7) is 5.01. The molecule has 1 rings (SSSR count). The number of aryl methyl sites for hydroxylation is 1. The van der Waals surface area contributed by atoms with Gasteiger partial charge < -0.3 is 4.90 Å². The number of hydrogen-bond donors (Lipinski definition) is 0. The lowest BCUT2D eigenvalue weighted by molar-refractivity contribution is 0.0792. The van der Waals surface area contributed by atoms with Crippen LogP contribution >= 0.6 is 15.9 Å². The summed E-state index contributed by atoms with van der Waals surface area (Å²) in [4.78, 5) is 14.0. The average Bonchev–Trinajstić information content (AvgIpc) is 2.28. The molecule has 0 aliphatic heterocycles. The number of rotatable bonds is 5. The molecule has 1 aromatic rings. The monoisotopic (exact) mass is 297 g/mol. The van der Waals surface area contributed by atoms with Gasteiger partial charge in [0.1, 0.15) is 0 Å². The van der Waals surface area contributed by atoms with E-state index in [0.717, 1.165) is 28.6 Å². The van der Waals surface area contributed by atoms with Gasteiger partial charge in [-0.3, -0.25) is 4.79 Å². The van der Waals surface area contributed by atoms with Crippen molar-refractivity contribution in [1.82, 2.24) is 4.90 Å². The van der Waals surface area contributed by atoms with Gasteiger partial charge >= 0.3 is 0 Å². The van der Waals surface area contributed by atoms with Crippen molar-refractivity contribution in [2.24, 2.45) is 0 Å². The van der Waals surface area contributed by atoms with E-state index in [1.54, 1.807) is 4.90 Å². The fraction of sp³-hybridized carbons (Fsp3) is 0.500. The number of unbranched alkanes of at least 4 members (excludes halogenated alkanes) is 2. The van der Waals surface area contributed by atoms with Gasteiger partial charge in [-0.05, 0) is 47.0 Å². The molecule has 1 amide bonds. The molecule has 0 bridgehead atoms. The molecule has 0 saturated carbocycles. The van der Waals surface area contributed by atoms with Crippen LogP contribution in [0, 0.1) is 6.92 Å². The molecule has 94 valence electrons. The molecule has 0 N–H and O–H groups in total. The molecule has 0 spiro atoms. The molecule has 0 unspecified atom stereocenters. The second kappa shape index (κ2) is 6.80. The Morgan fingerprint density at radius 1 is 1.35 bits per heavy atom. The Morgan fingerprint density at radius 3 is 2.65 bits per heavy atom. The Bertz CT molecular complexity index is 390. The quantitative estimate of drug-likeness (QED) is 0.752. The summed E-state index contributed by atoms with van der Waals surface area (Å²) >= 11 is 3.45. The van der Waals surface area contributed by atoms with Gasteiger partial charge in [-0.2, -0.15) is 0 Å². The normalized spacial score (nSPS) is 10.4. The van der Waals surface area contributed by atoms with E-state index in [0.29, 0.717) is 0 Å². The van der Waals surface area contributed by atoms with E-state index >= 15 is 0 Å². The van der Waals surface area contributed by atoms with E-state index in [2.05, 4.69) is 22.9 Å². The maximum Gasteiger partial charge on any atom is 0.254 e. The Kier molecular flexibility index (Phi) is 5.69. The molecule has 0 radical (unpaired) electrons. The van der Waals surface area contributed by atoms with Crippen molar-refractivity contribution in [1.29, 1.82) is 0 Å². The summed E-state index contributed by atoms with van der Waals surface area (Å²) in [6, 6.07) is 5.84. The van der Waals surface area contributed by atoms with Crippen LogP contribution in [0.5, 0.6) is 0 Å². The molecule has 0 aliphatic rings. The van der Waals surface area contributed by atoms with Crippen LogP contribution in [0.3, 0.4) is 0 Å². The predicted octanol–water partition coefficient (Wildman–Crippen LogP) is 4.02. The fourth-order valence-electron chi connectivity index (χ4n) is 1.70. The zero-order valence-corrected chi connectivity index (χ0v) is 12.4. The fourth-order valence-corrected chi connectivity index (χ4v) is 2.36. The summed E-state index contributed by atoms with van der Waals surface area (Å²) in [5.41, 5.74) is 1.90. The molecule has 3 heteroatoms. The highest BCUT2D eigenvalue weighted by atomic mass is 79.9. The summed E-state index contributed by atoms with van der Waals surface area (Å²) in [5.74, 6) is 0.0907. The first kappa shape index (κ1) is 14.2. The molecule has 0 aliphatic carbocycles. The van der Waals surface area contributed by atoms with E-state index in [4.69, 9.17) is 0 Å². The SMILES string of the molecule is CCCCCN(C)C(=O)c1ccc(C)cc1Br. The number of hydrogen-bond acceptors (Lipinski definition) is 1. The molecular formula is C14H20BrNO. The van der Waals surface area contributed by atoms with Crippen LogP contribution in [0.2, 0.25) is 0 Å². The lowest BCUT2D eigenvalue weighted by atomic mass is 10.1. The van der Waals surface area contributed by atoms with Gasteiger partial charge in [-0.25, -0.2) is 0 Å². The van der Waals surface area contributed by atoms with Gasteiger partial charge in [0.2, 0.25) is 0 Å². The van der Waals surface area contributed by atoms with E-state index in [9.17, 15) is 4.79 Å². The van der Waals surface area contributed by atoms with Gasteiger partial charge in [-0.15, -0.1) is 0 Å². The minimum atomic E-state index is 0.0907. The minimum Gasteiger partial charge on any atom is -0.342 e. The Balaban J connectivity index is 2.68. The first-order valence-corrected chi connectivity index (χ1v) is 6.87. The third-order valence-electron chi connectivity index (χ3n) is 2.80. The standard InChI is InChI=1S/C14H20BrNO/c1-4-5-6-9-16(3)14(17)12-8-7-11(2)10-13(12)15/h7-8,10H,4-6,9H2,1-3H3. The topological polar surface area (TPSA) is 20.3 Å². The number of amides is 1. The maximum atomic E-state index is 12.2. The number of carbonyl (C=O) groups excluding carboxylic acids is 1. The summed E-state index contributed by atoms with van der Waals surface area (Å²) in [5, 5.41) is 0. The minimum absolute atomic E-state index is 0.0907. The molecule has 17 heavy (non-hydrogen) atoms. The van der Waals surface area contributed by atoms with Crippen molar-refractivity contribution >= 4 is 21.8 Å². The van der Waals surface area contributed by atoms with Crippen LogP contribution in [0.1, 0.15) is 42.1 Å². The molecule has 2 nitrogen and oxygen atoms in total. The number of halogens is 1. The number of nitrogens with zero attached hydrogens (tertiary/aromatic N) is 1. The van der Waals surface area contributed by atoms with Crippen molar-refractivity contribution in [3.63, 3.8) is 0 Å². The summed E-state index contributed by atoms with van der Waals surface area (Å²) in [6.07, 6.45) is 3.42. The van der Waals surface area contributed by atoms with Gasteiger partial charge in [0, 0.05) is 18.1 Å². The lowest BCUT2D eigenvalue weighted by Crippen LogP contribution is -2.28. The van der Waals surface area contributed by atoms with Gasteiger partial charge in [0.25, 0.3) is 5.91 Å². The van der Waals surface area contributed by atoms with Crippen LogP contribution in [0.25, 0.3) is 0 Å². The zero-order chi connectivity index (χ0) is 12.8. The molecule has 0 heterocycles. The second-order valence-corrected chi connectivity index (χ2v) is 5.27. The molecule has 0 atom stereocenters. The number of carbonyl (C=O) groups is 1. The van der Waals surface area contributed by atoms with Crippen molar-refractivity contribution in [2.75, 3.05) is 13.6 Å². The maximum absolute atomic E-state index is 12.2. The van der Waals surface area contributed by atoms with Crippen molar-refractivity contribution in [3.05, 3.63) is 33.8 Å². The van der Waals surface area contributed by atoms with E-state index in [-0.39, 0.29) is 5.91 Å². The molecular weight excluding hydrogens is 278 g/mol. The van der Waals surface area contributed by atoms with E-state index < -0.39 is 0 Å². The molecule has 0 fully saturated rings. The summed E-state index contributed by atoms with van der Waals surface area (Å²) < 4.78 is 0.879. The average molecular weight is 298 g/mol. The Morgan fingerprint density at radius 2 is 2.06 bits per heavy atom. The van der Waals surface area contributed by atoms with E-state index in [1.807, 2.05) is 32.2 Å². The highest BCUT2D eigenvalue weighted by Gasteiger charge is 2.14. The zero-order valence-electron chi connectivity index (χ0n) is 10.8. The van der Waals surface area contributed by atoms with Gasteiger partial charge in [-0.1, -0.05) is 25.8 Å². The Labute approximate surface area is 112 Å². The first-order valence-electron chi connectivity index (χ1n) is 6.08. The number of benzene rings is 1. The third kappa shape index (κ3) is 4.15. The van der Waals surface area contributed by atoms with Gasteiger partial charge in [0.05, 0.1) is 5.56 Å². The van der Waals surface area contributed by atoms with Crippen LogP contribution in [-0.2, 0) is 0 Å². The Hall–Kier alpha value is -0.830. The lowest BCUT2D eigenvalue weighted by Gasteiger charge is -2.18. The van der Waals surface area contributed by atoms with Crippen LogP contribution in [0.15, 0.2) is 22.7 Å². The largest absolute Gasteiger partial charge is 0.342 e. The van der Waals surface area contributed by atoms with Gasteiger partial charge in [0.15, 0.2) is 0 Å². The van der Waals surface area contributed by atoms with E-state index in [1.165, 1.54) is 12.8 Å². The summed E-state index contributed by atoms with van der Waals surface area (Å²) in [7, 11) is 1.87. The van der Waals surface area contributed by atoms with Crippen molar-refractivity contribution in [2.45, 2.75) is 33.1 Å². The highest BCUT2D eigenvalue weighted by molar-refractivity contribution is 9.10. The molecule has 0 aromatic heterocycles. The van der Waals surface area contributed by atoms with Crippen LogP contribution in [0.4, 0.5) is 0 Å². The van der Waals surface area contributed by atoms with Crippen molar-refractivity contribution < 1.29 is 4.79 Å². The molecule has 0 saturated heterocycles. The predicted molar refractivity (Wildman–Crippen MR) is 75.4 cm³/mol. The second-order valence-electron chi connectivity index (χ2n) is 4.42. The van der Waals surface area contributed by atoms with Crippen LogP contribution < -0.4 is 0 Å².